The minimum atomic E-state index is -0.419. The molecular weight excluding hydrogens is 220 g/mol. The molecule has 0 aliphatic rings. The molecule has 0 aromatic heterocycles. The summed E-state index contributed by atoms with van der Waals surface area (Å²) in [6.07, 6.45) is 0.752. The number of hydrogen-bond donors (Lipinski definition) is 0. The van der Waals surface area contributed by atoms with Gasteiger partial charge in [0.05, 0.1) is 11.5 Å². The second-order valence-corrected chi connectivity index (χ2v) is 3.95. The lowest BCUT2D eigenvalue weighted by Crippen LogP contribution is -2.26. The molecule has 0 bridgehead atoms. The summed E-state index contributed by atoms with van der Waals surface area (Å²) in [5.41, 5.74) is 1.11. The largest absolute Gasteiger partial charge is 0.299 e. The van der Waals surface area contributed by atoms with Crippen molar-refractivity contribution in [2.75, 3.05) is 20.1 Å². The van der Waals surface area contributed by atoms with Crippen molar-refractivity contribution in [3.63, 3.8) is 0 Å². The summed E-state index contributed by atoms with van der Waals surface area (Å²) >= 11 is 0. The van der Waals surface area contributed by atoms with Gasteiger partial charge >= 0.3 is 0 Å². The van der Waals surface area contributed by atoms with Gasteiger partial charge in [0.1, 0.15) is 5.78 Å². The number of likely N-dealkylation sites (N-methyl/N-ethyl adjacent to an activating group) is 1. The van der Waals surface area contributed by atoms with Crippen LogP contribution in [0.3, 0.4) is 0 Å². The van der Waals surface area contributed by atoms with Crippen molar-refractivity contribution in [3.05, 3.63) is 46.9 Å². The lowest BCUT2D eigenvalue weighted by molar-refractivity contribution is -0.384. The zero-order valence-electron chi connectivity index (χ0n) is 9.76. The van der Waals surface area contributed by atoms with Gasteiger partial charge in [-0.3, -0.25) is 19.8 Å². The summed E-state index contributed by atoms with van der Waals surface area (Å²) in [7, 11) is 1.84. The van der Waals surface area contributed by atoms with Gasteiger partial charge in [-0.05, 0) is 19.0 Å². The van der Waals surface area contributed by atoms with Crippen molar-refractivity contribution in [1.29, 1.82) is 0 Å². The van der Waals surface area contributed by atoms with E-state index in [-0.39, 0.29) is 11.5 Å². The second kappa shape index (κ2) is 6.10. The van der Waals surface area contributed by atoms with E-state index in [1.165, 1.54) is 12.1 Å². The molecule has 0 unspecified atom stereocenters. The van der Waals surface area contributed by atoms with E-state index in [2.05, 4.69) is 6.92 Å². The number of nitro groups is 1. The molecule has 1 radical (unpaired) electrons. The highest BCUT2D eigenvalue weighted by Gasteiger charge is 2.05. The van der Waals surface area contributed by atoms with Crippen LogP contribution in [0.5, 0.6) is 0 Å². The Balaban J connectivity index is 2.47. The molecule has 1 aromatic carbocycles. The standard InChI is InChI=1S/C12H15N2O3/c1-10(15)9-13(2)8-7-11-3-5-12(6-4-11)14(16)17/h3-6H,1,7-9H2,2H3. The Morgan fingerprint density at radius 3 is 2.47 bits per heavy atom. The zero-order valence-corrected chi connectivity index (χ0v) is 9.76. The van der Waals surface area contributed by atoms with Crippen LogP contribution in [0.25, 0.3) is 0 Å². The summed E-state index contributed by atoms with van der Waals surface area (Å²) in [5, 5.41) is 10.5. The summed E-state index contributed by atoms with van der Waals surface area (Å²) in [6, 6.07) is 6.44. The van der Waals surface area contributed by atoms with E-state index in [1.54, 1.807) is 12.1 Å². The van der Waals surface area contributed by atoms with Crippen molar-refractivity contribution >= 4 is 11.5 Å². The first-order chi connectivity index (χ1) is 7.99. The quantitative estimate of drug-likeness (QED) is 0.553. The number of non-ortho nitro benzene ring substituents is 1. The van der Waals surface area contributed by atoms with E-state index in [0.717, 1.165) is 18.5 Å². The Morgan fingerprint density at radius 1 is 1.41 bits per heavy atom. The Kier molecular flexibility index (Phi) is 4.78. The van der Waals surface area contributed by atoms with Crippen molar-refractivity contribution in [2.45, 2.75) is 6.42 Å². The predicted molar refractivity (Wildman–Crippen MR) is 64.7 cm³/mol. The van der Waals surface area contributed by atoms with Gasteiger partial charge in [0, 0.05) is 25.6 Å². The summed E-state index contributed by atoms with van der Waals surface area (Å²) in [5.74, 6) is -0.115. The van der Waals surface area contributed by atoms with Gasteiger partial charge in [0.2, 0.25) is 0 Å². The molecule has 1 rings (SSSR count). The van der Waals surface area contributed by atoms with E-state index >= 15 is 0 Å². The third-order valence-electron chi connectivity index (χ3n) is 2.38. The van der Waals surface area contributed by atoms with Crippen molar-refractivity contribution in [2.24, 2.45) is 0 Å². The fourth-order valence-electron chi connectivity index (χ4n) is 1.48. The number of Topliss-reactive ketones (excluding diaryl/α,β-unsaturated/α-hetero) is 1. The maximum Gasteiger partial charge on any atom is 0.269 e. The van der Waals surface area contributed by atoms with E-state index in [4.69, 9.17) is 0 Å². The number of carbonyl (C=O) groups is 1. The minimum Gasteiger partial charge on any atom is -0.299 e. The molecule has 0 atom stereocenters. The molecule has 5 heteroatoms. The molecule has 91 valence electrons. The number of ketones is 1. The molecule has 0 amide bonds. The second-order valence-electron chi connectivity index (χ2n) is 3.95. The molecule has 0 saturated carbocycles. The van der Waals surface area contributed by atoms with E-state index in [1.807, 2.05) is 11.9 Å². The maximum atomic E-state index is 10.8. The third-order valence-corrected chi connectivity index (χ3v) is 2.38. The molecule has 0 aliphatic heterocycles. The van der Waals surface area contributed by atoms with Crippen LogP contribution in [-0.2, 0) is 11.2 Å². The third kappa shape index (κ3) is 4.74. The number of hydrogen-bond acceptors (Lipinski definition) is 4. The number of rotatable bonds is 6. The Morgan fingerprint density at radius 2 is 2.00 bits per heavy atom. The average molecular weight is 235 g/mol. The lowest BCUT2D eigenvalue weighted by Gasteiger charge is -2.14. The first kappa shape index (κ1) is 13.3. The van der Waals surface area contributed by atoms with Crippen LogP contribution in [0, 0.1) is 17.0 Å². The highest BCUT2D eigenvalue weighted by molar-refractivity contribution is 5.84. The normalized spacial score (nSPS) is 10.5. The summed E-state index contributed by atoms with van der Waals surface area (Å²) in [4.78, 5) is 22.7. The van der Waals surface area contributed by atoms with Crippen LogP contribution >= 0.6 is 0 Å². The van der Waals surface area contributed by atoms with E-state index < -0.39 is 4.92 Å². The molecule has 0 N–H and O–H groups in total. The Bertz CT molecular complexity index is 401. The highest BCUT2D eigenvalue weighted by Crippen LogP contribution is 2.12. The van der Waals surface area contributed by atoms with Gasteiger partial charge in [0.25, 0.3) is 5.69 Å². The van der Waals surface area contributed by atoms with Gasteiger partial charge in [-0.15, -0.1) is 0 Å². The number of benzene rings is 1. The molecule has 0 heterocycles. The first-order valence-electron chi connectivity index (χ1n) is 5.25. The lowest BCUT2D eigenvalue weighted by atomic mass is 10.1. The fraction of sp³-hybridized carbons (Fsp3) is 0.333. The first-order valence-corrected chi connectivity index (χ1v) is 5.25. The van der Waals surface area contributed by atoms with E-state index in [0.29, 0.717) is 6.54 Å². The van der Waals surface area contributed by atoms with Gasteiger partial charge < -0.3 is 0 Å². The van der Waals surface area contributed by atoms with Crippen molar-refractivity contribution in [3.8, 4) is 0 Å². The maximum absolute atomic E-state index is 10.8. The van der Waals surface area contributed by atoms with Crippen LogP contribution in [0.4, 0.5) is 5.69 Å². The van der Waals surface area contributed by atoms with Gasteiger partial charge in [-0.2, -0.15) is 0 Å². The van der Waals surface area contributed by atoms with Crippen LogP contribution in [0.2, 0.25) is 0 Å². The number of carbonyl (C=O) groups excluding carboxylic acids is 1. The summed E-state index contributed by atoms with van der Waals surface area (Å²) < 4.78 is 0. The molecule has 0 aliphatic carbocycles. The SMILES string of the molecule is [CH2]C(=O)CN(C)CCc1ccc([N+](=O)[O-])cc1. The van der Waals surface area contributed by atoms with Crippen LogP contribution < -0.4 is 0 Å². The smallest absolute Gasteiger partial charge is 0.269 e. The molecule has 17 heavy (non-hydrogen) atoms. The fourth-order valence-corrected chi connectivity index (χ4v) is 1.48. The minimum absolute atomic E-state index is 0.0926. The molecule has 0 fully saturated rings. The zero-order chi connectivity index (χ0) is 12.8. The topological polar surface area (TPSA) is 63.5 Å². The highest BCUT2D eigenvalue weighted by atomic mass is 16.6. The molecule has 0 saturated heterocycles. The Labute approximate surface area is 100 Å². The van der Waals surface area contributed by atoms with Gasteiger partial charge in [-0.25, -0.2) is 0 Å². The van der Waals surface area contributed by atoms with Gasteiger partial charge in [0.15, 0.2) is 0 Å². The molecule has 1 aromatic rings. The summed E-state index contributed by atoms with van der Waals surface area (Å²) in [6.45, 7) is 4.36. The average Bonchev–Trinajstić information content (AvgIpc) is 2.26. The van der Waals surface area contributed by atoms with Crippen molar-refractivity contribution < 1.29 is 9.72 Å². The van der Waals surface area contributed by atoms with Gasteiger partial charge in [-0.1, -0.05) is 12.1 Å². The van der Waals surface area contributed by atoms with Crippen LogP contribution in [-0.4, -0.2) is 35.7 Å². The molecular formula is C12H15N2O3. The number of nitrogens with zero attached hydrogens (tertiary/aromatic N) is 2. The Hall–Kier alpha value is -1.75. The van der Waals surface area contributed by atoms with Crippen LogP contribution in [0.1, 0.15) is 5.56 Å². The molecule has 0 spiro atoms. The monoisotopic (exact) mass is 235 g/mol. The van der Waals surface area contributed by atoms with Crippen molar-refractivity contribution in [1.82, 2.24) is 4.90 Å². The van der Waals surface area contributed by atoms with Crippen LogP contribution in [0.15, 0.2) is 24.3 Å². The number of nitro benzene ring substituents is 1. The van der Waals surface area contributed by atoms with E-state index in [9.17, 15) is 14.9 Å². The predicted octanol–water partition coefficient (Wildman–Crippen LogP) is 1.47. The molecule has 5 nitrogen and oxygen atoms in total.